The summed E-state index contributed by atoms with van der Waals surface area (Å²) >= 11 is 0. The summed E-state index contributed by atoms with van der Waals surface area (Å²) in [6, 6.07) is 6.13. The maximum atomic E-state index is 12.6. The van der Waals surface area contributed by atoms with Gasteiger partial charge in [0.15, 0.2) is 24.5 Å². The molecule has 15 heteroatoms. The molecule has 0 unspecified atom stereocenters. The van der Waals surface area contributed by atoms with Crippen molar-refractivity contribution < 1.29 is 61.9 Å². The van der Waals surface area contributed by atoms with Gasteiger partial charge in [0.2, 0.25) is 5.91 Å². The molecule has 0 bridgehead atoms. The standard InChI is InChI=1S/C26H32N2O13/c1-13(19(23(32)35-5)27-25(33)37-11-17-9-7-6-8-10-17)38-24-20-22(41-26(34)28(20)14(2)29)21(39-16(4)31)18(40-24)12-36-15(3)30/h6-10,13,18-22,24H,11-12H2,1-5H3,(H,27,33)/t13-,18-,19+,20-,21-,22-,24-/m1/s1. The molecule has 3 rings (SSSR count). The predicted octanol–water partition coefficient (Wildman–Crippen LogP) is 0.815. The Hall–Kier alpha value is -4.24. The summed E-state index contributed by atoms with van der Waals surface area (Å²) in [4.78, 5) is 74.2. The van der Waals surface area contributed by atoms with Crippen LogP contribution in [0, 0.1) is 0 Å². The van der Waals surface area contributed by atoms with Gasteiger partial charge in [0.25, 0.3) is 0 Å². The summed E-state index contributed by atoms with van der Waals surface area (Å²) in [7, 11) is 1.10. The number of rotatable bonds is 10. The van der Waals surface area contributed by atoms with Gasteiger partial charge in [0, 0.05) is 20.8 Å². The molecule has 2 aliphatic rings. The van der Waals surface area contributed by atoms with E-state index in [1.165, 1.54) is 6.92 Å². The number of alkyl carbamates (subject to hydrolysis) is 1. The van der Waals surface area contributed by atoms with E-state index in [9.17, 15) is 28.8 Å². The largest absolute Gasteiger partial charge is 0.467 e. The summed E-state index contributed by atoms with van der Waals surface area (Å²) in [6.45, 7) is 4.29. The number of hydrogen-bond donors (Lipinski definition) is 1. The van der Waals surface area contributed by atoms with Crippen LogP contribution in [0.25, 0.3) is 0 Å². The summed E-state index contributed by atoms with van der Waals surface area (Å²) in [5.41, 5.74) is 0.708. The summed E-state index contributed by atoms with van der Waals surface area (Å²) < 4.78 is 37.6. The van der Waals surface area contributed by atoms with Crippen LogP contribution in [0.5, 0.6) is 0 Å². The molecule has 15 nitrogen and oxygen atoms in total. The number of amides is 3. The van der Waals surface area contributed by atoms with E-state index >= 15 is 0 Å². The number of nitrogens with zero attached hydrogens (tertiary/aromatic N) is 1. The Morgan fingerprint density at radius 3 is 2.29 bits per heavy atom. The van der Waals surface area contributed by atoms with Gasteiger partial charge in [-0.05, 0) is 12.5 Å². The number of hydrogen-bond acceptors (Lipinski definition) is 13. The van der Waals surface area contributed by atoms with Crippen LogP contribution in [0.15, 0.2) is 30.3 Å². The highest BCUT2D eigenvalue weighted by Crippen LogP contribution is 2.36. The smallest absolute Gasteiger partial charge is 0.417 e. The number of carbonyl (C=O) groups is 6. The fraction of sp³-hybridized carbons (Fsp3) is 0.538. The van der Waals surface area contributed by atoms with Crippen molar-refractivity contribution in [1.82, 2.24) is 10.2 Å². The minimum absolute atomic E-state index is 0.0757. The van der Waals surface area contributed by atoms with Gasteiger partial charge in [-0.25, -0.2) is 19.3 Å². The van der Waals surface area contributed by atoms with Gasteiger partial charge in [-0.15, -0.1) is 0 Å². The number of methoxy groups -OCH3 is 1. The van der Waals surface area contributed by atoms with E-state index in [0.717, 1.165) is 32.8 Å². The van der Waals surface area contributed by atoms with Gasteiger partial charge in [-0.2, -0.15) is 0 Å². The Labute approximate surface area is 235 Å². The van der Waals surface area contributed by atoms with Crippen molar-refractivity contribution in [2.75, 3.05) is 13.7 Å². The van der Waals surface area contributed by atoms with Crippen molar-refractivity contribution in [3.8, 4) is 0 Å². The minimum atomic E-state index is -1.48. The van der Waals surface area contributed by atoms with Crippen molar-refractivity contribution in [2.24, 2.45) is 0 Å². The van der Waals surface area contributed by atoms with Gasteiger partial charge < -0.3 is 38.5 Å². The van der Waals surface area contributed by atoms with Crippen LogP contribution in [0.4, 0.5) is 9.59 Å². The molecule has 41 heavy (non-hydrogen) atoms. The zero-order valence-electron chi connectivity index (χ0n) is 23.1. The van der Waals surface area contributed by atoms with Crippen LogP contribution >= 0.6 is 0 Å². The number of imide groups is 1. The molecule has 1 aromatic carbocycles. The molecule has 1 N–H and O–H groups in total. The van der Waals surface area contributed by atoms with E-state index in [1.54, 1.807) is 30.3 Å². The Morgan fingerprint density at radius 1 is 1.02 bits per heavy atom. The lowest BCUT2D eigenvalue weighted by Gasteiger charge is -2.43. The van der Waals surface area contributed by atoms with Gasteiger partial charge in [-0.3, -0.25) is 14.4 Å². The van der Waals surface area contributed by atoms with Gasteiger partial charge in [0.05, 0.1) is 13.2 Å². The topological polar surface area (TPSA) is 182 Å². The average Bonchev–Trinajstić information content (AvgIpc) is 3.28. The molecule has 2 saturated heterocycles. The molecule has 0 spiro atoms. The second-order valence-corrected chi connectivity index (χ2v) is 9.20. The first-order valence-corrected chi connectivity index (χ1v) is 12.6. The fourth-order valence-electron chi connectivity index (χ4n) is 4.39. The van der Waals surface area contributed by atoms with Crippen molar-refractivity contribution >= 4 is 36.0 Å². The third-order valence-corrected chi connectivity index (χ3v) is 6.20. The van der Waals surface area contributed by atoms with E-state index in [0.29, 0.717) is 5.56 Å². The lowest BCUT2D eigenvalue weighted by atomic mass is 9.96. The Balaban J connectivity index is 1.84. The summed E-state index contributed by atoms with van der Waals surface area (Å²) in [5, 5.41) is 2.38. The molecule has 7 atom stereocenters. The third-order valence-electron chi connectivity index (χ3n) is 6.20. The first kappa shape index (κ1) is 31.3. The quantitative estimate of drug-likeness (QED) is 0.303. The van der Waals surface area contributed by atoms with E-state index in [4.69, 9.17) is 33.2 Å². The molecular weight excluding hydrogens is 548 g/mol. The molecule has 3 amide bonds. The van der Waals surface area contributed by atoms with E-state index in [-0.39, 0.29) is 6.61 Å². The van der Waals surface area contributed by atoms with Crippen LogP contribution < -0.4 is 5.32 Å². The first-order valence-electron chi connectivity index (χ1n) is 12.6. The highest BCUT2D eigenvalue weighted by atomic mass is 16.7. The first-order chi connectivity index (χ1) is 19.4. The van der Waals surface area contributed by atoms with Crippen molar-refractivity contribution in [2.45, 2.75) is 77.1 Å². The number of benzene rings is 1. The number of carbonyl (C=O) groups excluding carboxylic acids is 6. The average molecular weight is 581 g/mol. The van der Waals surface area contributed by atoms with Crippen LogP contribution in [0.3, 0.4) is 0 Å². The molecular formula is C26H32N2O13. The third kappa shape index (κ3) is 7.91. The van der Waals surface area contributed by atoms with Crippen LogP contribution in [0.1, 0.15) is 33.3 Å². The SMILES string of the molecule is COC(=O)[C@@H](NC(=O)OCc1ccccc1)[C@@H](C)O[C@@H]1O[C@H](COC(C)=O)[C@@H](OC(C)=O)[C@@H]2OC(=O)N(C(C)=O)[C@@H]12. The molecule has 0 radical (unpaired) electrons. The van der Waals surface area contributed by atoms with Gasteiger partial charge in [0.1, 0.15) is 25.4 Å². The molecule has 224 valence electrons. The summed E-state index contributed by atoms with van der Waals surface area (Å²) in [5.74, 6) is -3.03. The Kier molecular flexibility index (Phi) is 10.6. The minimum Gasteiger partial charge on any atom is -0.467 e. The van der Waals surface area contributed by atoms with Crippen LogP contribution in [0.2, 0.25) is 0 Å². The lowest BCUT2D eigenvalue weighted by molar-refractivity contribution is -0.282. The monoisotopic (exact) mass is 580 g/mol. The molecule has 2 fully saturated rings. The normalized spacial score (nSPS) is 24.7. The fourth-order valence-corrected chi connectivity index (χ4v) is 4.39. The lowest BCUT2D eigenvalue weighted by Crippen LogP contribution is -2.64. The highest BCUT2D eigenvalue weighted by molar-refractivity contribution is 5.92. The second kappa shape index (κ2) is 13.9. The molecule has 0 aromatic heterocycles. The van der Waals surface area contributed by atoms with E-state index in [2.05, 4.69) is 5.32 Å². The van der Waals surface area contributed by atoms with Crippen LogP contribution in [-0.2, 0) is 58.9 Å². The second-order valence-electron chi connectivity index (χ2n) is 9.20. The molecule has 2 aliphatic heterocycles. The zero-order valence-corrected chi connectivity index (χ0v) is 23.1. The molecule has 0 aliphatic carbocycles. The van der Waals surface area contributed by atoms with Crippen molar-refractivity contribution in [3.05, 3.63) is 35.9 Å². The zero-order chi connectivity index (χ0) is 30.3. The van der Waals surface area contributed by atoms with E-state index < -0.39 is 85.4 Å². The van der Waals surface area contributed by atoms with E-state index in [1.807, 2.05) is 0 Å². The number of nitrogens with one attached hydrogen (secondary N) is 1. The number of esters is 3. The Morgan fingerprint density at radius 2 is 1.71 bits per heavy atom. The number of ether oxygens (including phenoxy) is 7. The van der Waals surface area contributed by atoms with Crippen LogP contribution in [-0.4, -0.2) is 97.4 Å². The van der Waals surface area contributed by atoms with Crippen molar-refractivity contribution in [1.29, 1.82) is 0 Å². The molecule has 1 aromatic rings. The van der Waals surface area contributed by atoms with Gasteiger partial charge in [-0.1, -0.05) is 30.3 Å². The predicted molar refractivity (Wildman–Crippen MR) is 134 cm³/mol. The van der Waals surface area contributed by atoms with Crippen molar-refractivity contribution in [3.63, 3.8) is 0 Å². The maximum Gasteiger partial charge on any atom is 0.417 e. The highest BCUT2D eigenvalue weighted by Gasteiger charge is 2.60. The Bertz CT molecular complexity index is 1140. The number of fused-ring (bicyclic) bond motifs is 1. The molecule has 0 saturated carbocycles. The van der Waals surface area contributed by atoms with Gasteiger partial charge >= 0.3 is 30.1 Å². The summed E-state index contributed by atoms with van der Waals surface area (Å²) in [6.07, 6.45) is -8.41. The maximum absolute atomic E-state index is 12.6. The molecule has 2 heterocycles.